The molecule has 0 saturated carbocycles. The number of nitrogens with one attached hydrogen (secondary N) is 2. The maximum atomic E-state index is 11.7. The van der Waals surface area contributed by atoms with Crippen LogP contribution in [0.1, 0.15) is 33.1 Å². The Balaban J connectivity index is 2.44. The molecular weight excluding hydrogens is 244 g/mol. The number of hydrogen-bond donors (Lipinski definition) is 3. The standard InChI is InChI=1S/C13H26N4O2/c1-10(2)16-13(19)5-8-17(9-12(14)18)11-3-6-15-7-4-11/h10-11,15H,3-9H2,1-2H3,(H2,14,18)(H,16,19). The fourth-order valence-corrected chi connectivity index (χ4v) is 2.40. The number of carbonyl (C=O) groups excluding carboxylic acids is 2. The van der Waals surface area contributed by atoms with E-state index in [1.165, 1.54) is 0 Å². The Morgan fingerprint density at radius 2 is 2.00 bits per heavy atom. The van der Waals surface area contributed by atoms with Crippen LogP contribution in [0.25, 0.3) is 0 Å². The van der Waals surface area contributed by atoms with Crippen molar-refractivity contribution in [2.45, 2.75) is 45.2 Å². The molecule has 110 valence electrons. The summed E-state index contributed by atoms with van der Waals surface area (Å²) < 4.78 is 0. The van der Waals surface area contributed by atoms with E-state index in [0.717, 1.165) is 25.9 Å². The molecule has 2 amide bonds. The average Bonchev–Trinajstić information content (AvgIpc) is 2.34. The van der Waals surface area contributed by atoms with Crippen molar-refractivity contribution in [2.24, 2.45) is 5.73 Å². The van der Waals surface area contributed by atoms with E-state index in [2.05, 4.69) is 10.6 Å². The van der Waals surface area contributed by atoms with Gasteiger partial charge in [-0.1, -0.05) is 0 Å². The molecule has 0 bridgehead atoms. The predicted octanol–water partition coefficient (Wildman–Crippen LogP) is -0.560. The molecule has 1 aliphatic rings. The van der Waals surface area contributed by atoms with Crippen LogP contribution in [0.3, 0.4) is 0 Å². The monoisotopic (exact) mass is 270 g/mol. The first-order valence-corrected chi connectivity index (χ1v) is 7.01. The Hall–Kier alpha value is -1.14. The minimum atomic E-state index is -0.331. The fraction of sp³-hybridized carbons (Fsp3) is 0.846. The molecule has 1 heterocycles. The van der Waals surface area contributed by atoms with E-state index in [-0.39, 0.29) is 24.4 Å². The Morgan fingerprint density at radius 3 is 2.53 bits per heavy atom. The summed E-state index contributed by atoms with van der Waals surface area (Å²) >= 11 is 0. The number of nitrogens with two attached hydrogens (primary N) is 1. The molecule has 0 unspecified atom stereocenters. The average molecular weight is 270 g/mol. The fourth-order valence-electron chi connectivity index (χ4n) is 2.40. The summed E-state index contributed by atoms with van der Waals surface area (Å²) in [5.41, 5.74) is 5.29. The number of rotatable bonds is 7. The van der Waals surface area contributed by atoms with Crippen LogP contribution in [-0.2, 0) is 9.59 Å². The summed E-state index contributed by atoms with van der Waals surface area (Å²) in [4.78, 5) is 24.8. The van der Waals surface area contributed by atoms with Gasteiger partial charge in [-0.25, -0.2) is 0 Å². The van der Waals surface area contributed by atoms with Gasteiger partial charge in [-0.15, -0.1) is 0 Å². The van der Waals surface area contributed by atoms with Gasteiger partial charge in [0.2, 0.25) is 11.8 Å². The minimum absolute atomic E-state index is 0.0263. The van der Waals surface area contributed by atoms with Gasteiger partial charge < -0.3 is 16.4 Å². The van der Waals surface area contributed by atoms with Crippen molar-refractivity contribution in [3.63, 3.8) is 0 Å². The molecule has 0 atom stereocenters. The normalized spacial score (nSPS) is 16.8. The quantitative estimate of drug-likeness (QED) is 0.579. The zero-order valence-electron chi connectivity index (χ0n) is 11.9. The van der Waals surface area contributed by atoms with Crippen LogP contribution in [0.2, 0.25) is 0 Å². The van der Waals surface area contributed by atoms with Crippen molar-refractivity contribution in [2.75, 3.05) is 26.2 Å². The van der Waals surface area contributed by atoms with Crippen LogP contribution in [0.4, 0.5) is 0 Å². The van der Waals surface area contributed by atoms with E-state index in [9.17, 15) is 9.59 Å². The number of carbonyl (C=O) groups is 2. The van der Waals surface area contributed by atoms with Crippen LogP contribution in [0, 0.1) is 0 Å². The van der Waals surface area contributed by atoms with E-state index in [0.29, 0.717) is 19.0 Å². The second kappa shape index (κ2) is 8.12. The maximum Gasteiger partial charge on any atom is 0.231 e. The molecular formula is C13H26N4O2. The highest BCUT2D eigenvalue weighted by Gasteiger charge is 2.22. The zero-order valence-corrected chi connectivity index (χ0v) is 11.9. The van der Waals surface area contributed by atoms with Crippen molar-refractivity contribution < 1.29 is 9.59 Å². The van der Waals surface area contributed by atoms with Gasteiger partial charge in [-0.3, -0.25) is 14.5 Å². The van der Waals surface area contributed by atoms with E-state index < -0.39 is 0 Å². The lowest BCUT2D eigenvalue weighted by Gasteiger charge is -2.33. The topological polar surface area (TPSA) is 87.5 Å². The number of hydrogen-bond acceptors (Lipinski definition) is 4. The SMILES string of the molecule is CC(C)NC(=O)CCN(CC(N)=O)C1CCNCC1. The molecule has 1 rings (SSSR count). The summed E-state index contributed by atoms with van der Waals surface area (Å²) in [5, 5.41) is 6.15. The maximum absolute atomic E-state index is 11.7. The molecule has 6 heteroatoms. The molecule has 1 fully saturated rings. The first kappa shape index (κ1) is 15.9. The Labute approximate surface area is 115 Å². The number of nitrogens with zero attached hydrogens (tertiary/aromatic N) is 1. The Bertz CT molecular complexity index is 301. The van der Waals surface area contributed by atoms with E-state index >= 15 is 0 Å². The molecule has 0 aromatic carbocycles. The smallest absolute Gasteiger partial charge is 0.231 e. The largest absolute Gasteiger partial charge is 0.369 e. The summed E-state index contributed by atoms with van der Waals surface area (Å²) in [6.07, 6.45) is 2.41. The lowest BCUT2D eigenvalue weighted by molar-refractivity contribution is -0.124. The van der Waals surface area contributed by atoms with Gasteiger partial charge in [0, 0.05) is 25.0 Å². The molecule has 4 N–H and O–H groups in total. The van der Waals surface area contributed by atoms with Gasteiger partial charge in [0.05, 0.1) is 6.54 Å². The highest BCUT2D eigenvalue weighted by molar-refractivity contribution is 5.77. The van der Waals surface area contributed by atoms with Gasteiger partial charge in [-0.05, 0) is 39.8 Å². The molecule has 6 nitrogen and oxygen atoms in total. The first-order valence-electron chi connectivity index (χ1n) is 7.01. The lowest BCUT2D eigenvalue weighted by Crippen LogP contribution is -2.47. The zero-order chi connectivity index (χ0) is 14.3. The van der Waals surface area contributed by atoms with Gasteiger partial charge >= 0.3 is 0 Å². The Morgan fingerprint density at radius 1 is 1.37 bits per heavy atom. The van der Waals surface area contributed by atoms with Crippen LogP contribution in [-0.4, -0.2) is 55.0 Å². The molecule has 0 spiro atoms. The second-order valence-electron chi connectivity index (χ2n) is 5.39. The second-order valence-corrected chi connectivity index (χ2v) is 5.39. The Kier molecular flexibility index (Phi) is 6.80. The lowest BCUT2D eigenvalue weighted by atomic mass is 10.0. The van der Waals surface area contributed by atoms with Crippen molar-refractivity contribution in [3.8, 4) is 0 Å². The van der Waals surface area contributed by atoms with Crippen LogP contribution >= 0.6 is 0 Å². The number of primary amides is 1. The van der Waals surface area contributed by atoms with Crippen molar-refractivity contribution in [1.82, 2.24) is 15.5 Å². The summed E-state index contributed by atoms with van der Waals surface area (Å²) in [5.74, 6) is -0.304. The van der Waals surface area contributed by atoms with Gasteiger partial charge in [0.25, 0.3) is 0 Å². The molecule has 0 aliphatic carbocycles. The molecule has 1 aliphatic heterocycles. The summed E-state index contributed by atoms with van der Waals surface area (Å²) in [6.45, 7) is 6.61. The van der Waals surface area contributed by atoms with Crippen LogP contribution in [0.15, 0.2) is 0 Å². The van der Waals surface area contributed by atoms with Crippen molar-refractivity contribution in [1.29, 1.82) is 0 Å². The van der Waals surface area contributed by atoms with Crippen molar-refractivity contribution in [3.05, 3.63) is 0 Å². The predicted molar refractivity (Wildman–Crippen MR) is 74.6 cm³/mol. The first-order chi connectivity index (χ1) is 8.99. The summed E-state index contributed by atoms with van der Waals surface area (Å²) in [7, 11) is 0. The third-order valence-corrected chi connectivity index (χ3v) is 3.26. The highest BCUT2D eigenvalue weighted by Crippen LogP contribution is 2.12. The van der Waals surface area contributed by atoms with Crippen LogP contribution in [0.5, 0.6) is 0 Å². The van der Waals surface area contributed by atoms with Gasteiger partial charge in [-0.2, -0.15) is 0 Å². The molecule has 19 heavy (non-hydrogen) atoms. The molecule has 0 radical (unpaired) electrons. The third-order valence-electron chi connectivity index (χ3n) is 3.26. The number of amides is 2. The minimum Gasteiger partial charge on any atom is -0.369 e. The molecule has 0 aromatic rings. The van der Waals surface area contributed by atoms with Gasteiger partial charge in [0.15, 0.2) is 0 Å². The molecule has 0 aromatic heterocycles. The van der Waals surface area contributed by atoms with E-state index in [1.54, 1.807) is 0 Å². The third kappa shape index (κ3) is 6.54. The number of piperidine rings is 1. The molecule has 1 saturated heterocycles. The van der Waals surface area contributed by atoms with E-state index in [1.807, 2.05) is 18.7 Å². The van der Waals surface area contributed by atoms with E-state index in [4.69, 9.17) is 5.73 Å². The highest BCUT2D eigenvalue weighted by atomic mass is 16.2. The van der Waals surface area contributed by atoms with Crippen molar-refractivity contribution >= 4 is 11.8 Å². The summed E-state index contributed by atoms with van der Waals surface area (Å²) in [6, 6.07) is 0.497. The van der Waals surface area contributed by atoms with Crippen LogP contribution < -0.4 is 16.4 Å². The van der Waals surface area contributed by atoms with Gasteiger partial charge in [0.1, 0.15) is 0 Å².